The molecule has 0 atom stereocenters. The van der Waals surface area contributed by atoms with Crippen LogP contribution in [-0.4, -0.2) is 27.3 Å². The number of benzene rings is 1. The van der Waals surface area contributed by atoms with Crippen molar-refractivity contribution in [1.29, 1.82) is 0 Å². The van der Waals surface area contributed by atoms with Crippen molar-refractivity contribution in [2.24, 2.45) is 0 Å². The van der Waals surface area contributed by atoms with Crippen LogP contribution in [0.4, 0.5) is 0 Å². The summed E-state index contributed by atoms with van der Waals surface area (Å²) in [4.78, 5) is 14.2. The highest BCUT2D eigenvalue weighted by molar-refractivity contribution is 6.45. The molecule has 0 aliphatic heterocycles. The first-order valence-corrected chi connectivity index (χ1v) is 5.87. The Kier molecular flexibility index (Phi) is 2.93. The number of rotatable bonds is 3. The summed E-state index contributed by atoms with van der Waals surface area (Å²) in [7, 11) is 1.06. The third-order valence-corrected chi connectivity index (χ3v) is 3.04. The number of aromatic nitrogens is 3. The first kappa shape index (κ1) is 11.7. The third-order valence-electron chi connectivity index (χ3n) is 3.04. The molecule has 0 fully saturated rings. The summed E-state index contributed by atoms with van der Waals surface area (Å²) < 4.78 is 1.78. The number of hydrogen-bond donors (Lipinski definition) is 2. The Morgan fingerprint density at radius 3 is 2.79 bits per heavy atom. The van der Waals surface area contributed by atoms with E-state index in [1.807, 2.05) is 30.3 Å². The smallest absolute Gasteiger partial charge is 0.326 e. The predicted molar refractivity (Wildman–Crippen MR) is 73.5 cm³/mol. The number of pyridine rings is 1. The van der Waals surface area contributed by atoms with E-state index in [0.29, 0.717) is 11.9 Å². The standard InChI is InChI=1S/C13H11BN3O2/c18-13-11-7-16-17(12(11)5-6-15-13)8-9-1-3-10(14-19)4-2-9/h1-7,19H,8H2,(H,15,18). The van der Waals surface area contributed by atoms with Gasteiger partial charge in [-0.1, -0.05) is 29.7 Å². The van der Waals surface area contributed by atoms with E-state index in [-0.39, 0.29) is 5.56 Å². The van der Waals surface area contributed by atoms with Gasteiger partial charge >= 0.3 is 7.48 Å². The second-order valence-corrected chi connectivity index (χ2v) is 4.28. The Morgan fingerprint density at radius 2 is 2.05 bits per heavy atom. The summed E-state index contributed by atoms with van der Waals surface area (Å²) in [6, 6.07) is 9.33. The normalized spacial score (nSPS) is 10.8. The zero-order valence-corrected chi connectivity index (χ0v) is 10.1. The average Bonchev–Trinajstić information content (AvgIpc) is 2.84. The van der Waals surface area contributed by atoms with E-state index in [9.17, 15) is 4.79 Å². The molecule has 0 aliphatic carbocycles. The topological polar surface area (TPSA) is 70.9 Å². The first-order valence-electron chi connectivity index (χ1n) is 5.87. The second kappa shape index (κ2) is 4.74. The van der Waals surface area contributed by atoms with E-state index in [1.165, 1.54) is 0 Å². The Hall–Kier alpha value is -2.34. The minimum atomic E-state index is -0.131. The Labute approximate surface area is 109 Å². The molecule has 0 aliphatic rings. The number of nitrogens with one attached hydrogen (secondary N) is 1. The van der Waals surface area contributed by atoms with E-state index in [1.54, 1.807) is 17.1 Å². The fourth-order valence-electron chi connectivity index (χ4n) is 2.03. The fraction of sp³-hybridized carbons (Fsp3) is 0.0769. The van der Waals surface area contributed by atoms with Gasteiger partial charge in [0.15, 0.2) is 0 Å². The van der Waals surface area contributed by atoms with Crippen molar-refractivity contribution in [2.75, 3.05) is 0 Å². The van der Waals surface area contributed by atoms with Gasteiger partial charge in [0.2, 0.25) is 0 Å². The molecule has 0 spiro atoms. The molecule has 0 unspecified atom stereocenters. The van der Waals surface area contributed by atoms with E-state index in [2.05, 4.69) is 10.1 Å². The van der Waals surface area contributed by atoms with Gasteiger partial charge in [0.1, 0.15) is 0 Å². The average molecular weight is 252 g/mol. The van der Waals surface area contributed by atoms with Crippen LogP contribution in [0.5, 0.6) is 0 Å². The molecule has 0 saturated carbocycles. The summed E-state index contributed by atoms with van der Waals surface area (Å²) in [6.07, 6.45) is 3.19. The molecule has 5 nitrogen and oxygen atoms in total. The van der Waals surface area contributed by atoms with Crippen molar-refractivity contribution in [3.63, 3.8) is 0 Å². The van der Waals surface area contributed by atoms with Crippen LogP contribution in [0, 0.1) is 0 Å². The lowest BCUT2D eigenvalue weighted by Gasteiger charge is -2.04. The van der Waals surface area contributed by atoms with Crippen molar-refractivity contribution in [2.45, 2.75) is 6.54 Å². The van der Waals surface area contributed by atoms with E-state index < -0.39 is 0 Å². The molecule has 3 rings (SSSR count). The Balaban J connectivity index is 1.96. The van der Waals surface area contributed by atoms with Crippen LogP contribution >= 0.6 is 0 Å². The number of H-pyrrole nitrogens is 1. The quantitative estimate of drug-likeness (QED) is 0.645. The number of nitrogens with zero attached hydrogens (tertiary/aromatic N) is 2. The summed E-state index contributed by atoms with van der Waals surface area (Å²) in [6.45, 7) is 0.582. The van der Waals surface area contributed by atoms with Gasteiger partial charge in [-0.15, -0.1) is 0 Å². The summed E-state index contributed by atoms with van der Waals surface area (Å²) >= 11 is 0. The molecule has 6 heteroatoms. The Bertz CT molecular complexity index is 761. The molecule has 1 aromatic carbocycles. The zero-order valence-electron chi connectivity index (χ0n) is 10.1. The van der Waals surface area contributed by atoms with E-state index in [0.717, 1.165) is 24.0 Å². The maximum absolute atomic E-state index is 11.6. The van der Waals surface area contributed by atoms with Gasteiger partial charge in [0.05, 0.1) is 23.6 Å². The predicted octanol–water partition coefficient (Wildman–Crippen LogP) is 0.00970. The van der Waals surface area contributed by atoms with Crippen LogP contribution in [0.1, 0.15) is 5.56 Å². The van der Waals surface area contributed by atoms with Gasteiger partial charge in [0.25, 0.3) is 5.56 Å². The minimum absolute atomic E-state index is 0.131. The molecule has 0 bridgehead atoms. The van der Waals surface area contributed by atoms with Crippen molar-refractivity contribution < 1.29 is 5.02 Å². The van der Waals surface area contributed by atoms with Gasteiger partial charge in [-0.3, -0.25) is 9.48 Å². The highest BCUT2D eigenvalue weighted by atomic mass is 16.2. The SMILES string of the molecule is O=c1[nH]ccc2c1cnn2Cc1ccc([B]O)cc1. The van der Waals surface area contributed by atoms with E-state index in [4.69, 9.17) is 5.02 Å². The molecule has 1 radical (unpaired) electrons. The Morgan fingerprint density at radius 1 is 1.26 bits per heavy atom. The van der Waals surface area contributed by atoms with Crippen LogP contribution in [0.3, 0.4) is 0 Å². The molecule has 0 amide bonds. The molecular weight excluding hydrogens is 241 g/mol. The van der Waals surface area contributed by atoms with Crippen LogP contribution < -0.4 is 11.0 Å². The second-order valence-electron chi connectivity index (χ2n) is 4.28. The summed E-state index contributed by atoms with van der Waals surface area (Å²) in [5.74, 6) is 0. The van der Waals surface area contributed by atoms with Crippen LogP contribution in [0.2, 0.25) is 0 Å². The molecule has 93 valence electrons. The lowest BCUT2D eigenvalue weighted by atomic mass is 9.88. The molecule has 2 N–H and O–H groups in total. The fourth-order valence-corrected chi connectivity index (χ4v) is 2.03. The molecular formula is C13H11BN3O2. The maximum Gasteiger partial charge on any atom is 0.326 e. The van der Waals surface area contributed by atoms with E-state index >= 15 is 0 Å². The van der Waals surface area contributed by atoms with Crippen molar-refractivity contribution in [3.05, 3.63) is 58.6 Å². The third kappa shape index (κ3) is 2.18. The van der Waals surface area contributed by atoms with Gasteiger partial charge in [-0.2, -0.15) is 5.10 Å². The molecule has 3 aromatic rings. The largest absolute Gasteiger partial charge is 0.450 e. The van der Waals surface area contributed by atoms with Crippen molar-refractivity contribution in [1.82, 2.24) is 14.8 Å². The molecule has 2 heterocycles. The molecule has 0 saturated heterocycles. The van der Waals surface area contributed by atoms with Crippen molar-refractivity contribution >= 4 is 23.8 Å². The monoisotopic (exact) mass is 252 g/mol. The first-order chi connectivity index (χ1) is 9.28. The van der Waals surface area contributed by atoms with Crippen molar-refractivity contribution in [3.8, 4) is 0 Å². The summed E-state index contributed by atoms with van der Waals surface area (Å²) in [5, 5.41) is 13.7. The highest BCUT2D eigenvalue weighted by Gasteiger charge is 2.05. The lowest BCUT2D eigenvalue weighted by molar-refractivity contribution is 0.615. The van der Waals surface area contributed by atoms with Crippen LogP contribution in [0.15, 0.2) is 47.5 Å². The summed E-state index contributed by atoms with van der Waals surface area (Å²) in [5.41, 5.74) is 2.48. The molecule has 2 aromatic heterocycles. The minimum Gasteiger partial charge on any atom is -0.450 e. The number of fused-ring (bicyclic) bond motifs is 1. The van der Waals surface area contributed by atoms with Crippen LogP contribution in [0.25, 0.3) is 10.9 Å². The zero-order chi connectivity index (χ0) is 13.2. The lowest BCUT2D eigenvalue weighted by Crippen LogP contribution is -2.13. The number of aromatic amines is 1. The van der Waals surface area contributed by atoms with Gasteiger partial charge in [0, 0.05) is 6.20 Å². The molecule has 19 heavy (non-hydrogen) atoms. The van der Waals surface area contributed by atoms with Gasteiger partial charge < -0.3 is 10.0 Å². The number of hydrogen-bond acceptors (Lipinski definition) is 3. The van der Waals surface area contributed by atoms with Gasteiger partial charge in [-0.05, 0) is 11.6 Å². The van der Waals surface area contributed by atoms with Crippen LogP contribution in [-0.2, 0) is 6.54 Å². The maximum atomic E-state index is 11.6. The van der Waals surface area contributed by atoms with Gasteiger partial charge in [-0.25, -0.2) is 0 Å². The highest BCUT2D eigenvalue weighted by Crippen LogP contribution is 2.10.